The number of rotatable bonds is 4. The molecule has 0 saturated carbocycles. The van der Waals surface area contributed by atoms with Crippen molar-refractivity contribution in [3.8, 4) is 0 Å². The molecular weight excluding hydrogens is 228 g/mol. The molecule has 0 aliphatic heterocycles. The summed E-state index contributed by atoms with van der Waals surface area (Å²) in [4.78, 5) is 0. The fraction of sp³-hybridized carbons (Fsp3) is 0.158. The first kappa shape index (κ1) is 13.4. The van der Waals surface area contributed by atoms with Crippen LogP contribution in [0.3, 0.4) is 0 Å². The molecule has 2 rings (SSSR count). The van der Waals surface area contributed by atoms with Crippen LogP contribution < -0.4 is 0 Å². The van der Waals surface area contributed by atoms with Gasteiger partial charge >= 0.3 is 0 Å². The number of benzene rings is 2. The van der Waals surface area contributed by atoms with Crippen LogP contribution in [0.25, 0.3) is 18.2 Å². The van der Waals surface area contributed by atoms with E-state index in [4.69, 9.17) is 0 Å². The molecule has 0 unspecified atom stereocenters. The number of aryl methyl sites for hydroxylation is 1. The lowest BCUT2D eigenvalue weighted by Crippen LogP contribution is -1.79. The Morgan fingerprint density at radius 2 is 1.11 bits per heavy atom. The third-order valence-electron chi connectivity index (χ3n) is 3.15. The molecule has 0 heterocycles. The summed E-state index contributed by atoms with van der Waals surface area (Å²) < 4.78 is 0. The van der Waals surface area contributed by atoms with Gasteiger partial charge in [0.1, 0.15) is 0 Å². The highest BCUT2D eigenvalue weighted by Crippen LogP contribution is 2.12. The van der Waals surface area contributed by atoms with E-state index < -0.39 is 0 Å². The average molecular weight is 248 g/mol. The van der Waals surface area contributed by atoms with Gasteiger partial charge in [0, 0.05) is 0 Å². The summed E-state index contributed by atoms with van der Waals surface area (Å²) in [6.45, 7) is 4.21. The molecule has 0 nitrogen and oxygen atoms in total. The molecular formula is C19H20. The average Bonchev–Trinajstić information content (AvgIpc) is 2.47. The molecule has 0 aliphatic rings. The molecule has 0 saturated heterocycles. The molecule has 19 heavy (non-hydrogen) atoms. The minimum Gasteiger partial charge on any atom is -0.0871 e. The van der Waals surface area contributed by atoms with E-state index >= 15 is 0 Å². The number of hydrogen-bond donors (Lipinski definition) is 0. The Morgan fingerprint density at radius 1 is 0.684 bits per heavy atom. The quantitative estimate of drug-likeness (QED) is 0.631. The zero-order chi connectivity index (χ0) is 13.5. The maximum atomic E-state index is 2.19. The predicted octanol–water partition coefficient (Wildman–Crippen LogP) is 5.45. The Hall–Kier alpha value is -2.08. The van der Waals surface area contributed by atoms with Crippen molar-refractivity contribution in [2.75, 3.05) is 0 Å². The van der Waals surface area contributed by atoms with Gasteiger partial charge in [-0.25, -0.2) is 0 Å². The molecule has 0 aliphatic carbocycles. The van der Waals surface area contributed by atoms with Gasteiger partial charge in [0.25, 0.3) is 0 Å². The Bertz CT molecular complexity index is 554. The van der Waals surface area contributed by atoms with Crippen molar-refractivity contribution in [3.05, 3.63) is 76.9 Å². The summed E-state index contributed by atoms with van der Waals surface area (Å²) >= 11 is 0. The van der Waals surface area contributed by atoms with Crippen LogP contribution in [0.4, 0.5) is 0 Å². The summed E-state index contributed by atoms with van der Waals surface area (Å²) in [6.07, 6.45) is 9.57. The lowest BCUT2D eigenvalue weighted by molar-refractivity contribution is 1.14. The van der Waals surface area contributed by atoms with Crippen molar-refractivity contribution in [1.29, 1.82) is 0 Å². The summed E-state index contributed by atoms with van der Waals surface area (Å²) in [5, 5.41) is 0. The van der Waals surface area contributed by atoms with Crippen LogP contribution >= 0.6 is 0 Å². The SMILES string of the molecule is CC=Cc1ccc(C=Cc2ccc(CC)cc2)cc1. The molecule has 0 N–H and O–H groups in total. The molecule has 0 aromatic heterocycles. The molecule has 0 radical (unpaired) electrons. The highest BCUT2D eigenvalue weighted by Gasteiger charge is 1.91. The first-order chi connectivity index (χ1) is 9.31. The van der Waals surface area contributed by atoms with E-state index in [9.17, 15) is 0 Å². The molecule has 0 fully saturated rings. The fourth-order valence-electron chi connectivity index (χ4n) is 1.97. The van der Waals surface area contributed by atoms with E-state index in [2.05, 4.69) is 79.8 Å². The van der Waals surface area contributed by atoms with Gasteiger partial charge in [-0.3, -0.25) is 0 Å². The van der Waals surface area contributed by atoms with Gasteiger partial charge in [-0.2, -0.15) is 0 Å². The van der Waals surface area contributed by atoms with Crippen molar-refractivity contribution in [3.63, 3.8) is 0 Å². The zero-order valence-electron chi connectivity index (χ0n) is 11.6. The first-order valence-corrected chi connectivity index (χ1v) is 6.81. The van der Waals surface area contributed by atoms with Crippen molar-refractivity contribution in [2.24, 2.45) is 0 Å². The standard InChI is InChI=1S/C19H20/c1-3-5-17-10-12-19(13-11-17)15-14-18-8-6-16(4-2)7-9-18/h3,5-15H,4H2,1-2H3. The molecule has 2 aromatic carbocycles. The Morgan fingerprint density at radius 3 is 1.53 bits per heavy atom. The van der Waals surface area contributed by atoms with Gasteiger partial charge in [-0.1, -0.05) is 79.8 Å². The van der Waals surface area contributed by atoms with Gasteiger partial charge in [0.15, 0.2) is 0 Å². The van der Waals surface area contributed by atoms with Gasteiger partial charge in [0.05, 0.1) is 0 Å². The normalized spacial score (nSPS) is 11.5. The van der Waals surface area contributed by atoms with Gasteiger partial charge in [-0.15, -0.1) is 0 Å². The summed E-state index contributed by atoms with van der Waals surface area (Å²) in [7, 11) is 0. The third kappa shape index (κ3) is 3.96. The second-order valence-corrected chi connectivity index (χ2v) is 4.60. The smallest absolute Gasteiger partial charge is 0.0256 e. The second-order valence-electron chi connectivity index (χ2n) is 4.60. The molecule has 2 aromatic rings. The molecule has 0 bridgehead atoms. The maximum absolute atomic E-state index is 2.19. The van der Waals surface area contributed by atoms with E-state index in [1.54, 1.807) is 0 Å². The summed E-state index contributed by atoms with van der Waals surface area (Å²) in [5.74, 6) is 0. The highest BCUT2D eigenvalue weighted by atomic mass is 14.0. The molecule has 0 spiro atoms. The van der Waals surface area contributed by atoms with Crippen LogP contribution in [0.2, 0.25) is 0 Å². The maximum Gasteiger partial charge on any atom is -0.0256 e. The zero-order valence-corrected chi connectivity index (χ0v) is 11.6. The lowest BCUT2D eigenvalue weighted by atomic mass is 10.1. The van der Waals surface area contributed by atoms with Crippen LogP contribution in [0.1, 0.15) is 36.1 Å². The minimum absolute atomic E-state index is 1.09. The number of hydrogen-bond acceptors (Lipinski definition) is 0. The highest BCUT2D eigenvalue weighted by molar-refractivity contribution is 5.70. The first-order valence-electron chi connectivity index (χ1n) is 6.81. The molecule has 0 atom stereocenters. The van der Waals surface area contributed by atoms with Crippen LogP contribution in [0, 0.1) is 0 Å². The molecule has 0 amide bonds. The largest absolute Gasteiger partial charge is 0.0871 e. The van der Waals surface area contributed by atoms with Crippen LogP contribution in [-0.2, 0) is 6.42 Å². The fourth-order valence-corrected chi connectivity index (χ4v) is 1.97. The van der Waals surface area contributed by atoms with Crippen LogP contribution in [-0.4, -0.2) is 0 Å². The lowest BCUT2D eigenvalue weighted by Gasteiger charge is -1.98. The van der Waals surface area contributed by atoms with Crippen LogP contribution in [0.5, 0.6) is 0 Å². The molecule has 0 heteroatoms. The minimum atomic E-state index is 1.09. The van der Waals surface area contributed by atoms with Crippen molar-refractivity contribution in [2.45, 2.75) is 20.3 Å². The number of allylic oxidation sites excluding steroid dienone is 1. The van der Waals surface area contributed by atoms with E-state index in [0.29, 0.717) is 0 Å². The van der Waals surface area contributed by atoms with Crippen LogP contribution in [0.15, 0.2) is 54.6 Å². The molecule has 96 valence electrons. The van der Waals surface area contributed by atoms with Crippen molar-refractivity contribution in [1.82, 2.24) is 0 Å². The summed E-state index contributed by atoms with van der Waals surface area (Å²) in [6, 6.07) is 17.3. The second kappa shape index (κ2) is 6.75. The van der Waals surface area contributed by atoms with E-state index in [-0.39, 0.29) is 0 Å². The van der Waals surface area contributed by atoms with Gasteiger partial charge in [0.2, 0.25) is 0 Å². The van der Waals surface area contributed by atoms with Crippen molar-refractivity contribution >= 4 is 18.2 Å². The monoisotopic (exact) mass is 248 g/mol. The van der Waals surface area contributed by atoms with E-state index in [1.807, 2.05) is 6.92 Å². The Balaban J connectivity index is 2.08. The van der Waals surface area contributed by atoms with E-state index in [1.165, 1.54) is 22.3 Å². The van der Waals surface area contributed by atoms with Crippen molar-refractivity contribution < 1.29 is 0 Å². The Kier molecular flexibility index (Phi) is 4.74. The van der Waals surface area contributed by atoms with Gasteiger partial charge in [-0.05, 0) is 35.6 Å². The predicted molar refractivity (Wildman–Crippen MR) is 85.9 cm³/mol. The van der Waals surface area contributed by atoms with E-state index in [0.717, 1.165) is 6.42 Å². The summed E-state index contributed by atoms with van der Waals surface area (Å²) in [5.41, 5.74) is 5.10. The third-order valence-corrected chi connectivity index (χ3v) is 3.15. The van der Waals surface area contributed by atoms with Gasteiger partial charge < -0.3 is 0 Å². The Labute approximate surface area is 116 Å². The topological polar surface area (TPSA) is 0 Å².